The molecule has 1 aliphatic rings. The lowest BCUT2D eigenvalue weighted by Gasteiger charge is -2.35. The number of hydrogen-bond acceptors (Lipinski definition) is 5. The van der Waals surface area contributed by atoms with Crippen molar-refractivity contribution in [3.05, 3.63) is 83.4 Å². The third-order valence-electron chi connectivity index (χ3n) is 5.60. The molecule has 0 aliphatic carbocycles. The van der Waals surface area contributed by atoms with Gasteiger partial charge in [-0.25, -0.2) is 8.42 Å². The van der Waals surface area contributed by atoms with Crippen LogP contribution in [0.25, 0.3) is 0 Å². The third kappa shape index (κ3) is 5.02. The van der Waals surface area contributed by atoms with Gasteiger partial charge in [-0.05, 0) is 62.2 Å². The van der Waals surface area contributed by atoms with Gasteiger partial charge in [0, 0.05) is 0 Å². The van der Waals surface area contributed by atoms with Gasteiger partial charge in [-0.15, -0.1) is 0 Å². The Morgan fingerprint density at radius 2 is 1.74 bits per heavy atom. The second kappa shape index (κ2) is 9.77. The summed E-state index contributed by atoms with van der Waals surface area (Å²) in [5.41, 5.74) is 3.49. The van der Waals surface area contributed by atoms with Crippen LogP contribution in [0.15, 0.2) is 71.6 Å². The molecule has 0 spiro atoms. The minimum Gasteiger partial charge on any atom is -0.491 e. The number of benzene rings is 3. The summed E-state index contributed by atoms with van der Waals surface area (Å²) in [4.78, 5) is 13.1. The van der Waals surface area contributed by atoms with Gasteiger partial charge in [-0.3, -0.25) is 9.10 Å². The van der Waals surface area contributed by atoms with Gasteiger partial charge in [0.2, 0.25) is 0 Å². The Morgan fingerprint density at radius 1 is 1.03 bits per heavy atom. The maximum Gasteiger partial charge on any atom is 0.264 e. The molecule has 178 valence electrons. The van der Waals surface area contributed by atoms with Crippen LogP contribution in [0.2, 0.25) is 0 Å². The van der Waals surface area contributed by atoms with Crippen molar-refractivity contribution in [2.75, 3.05) is 24.0 Å². The van der Waals surface area contributed by atoms with Gasteiger partial charge >= 0.3 is 0 Å². The van der Waals surface area contributed by atoms with Crippen molar-refractivity contribution in [1.82, 2.24) is 5.32 Å². The fourth-order valence-corrected chi connectivity index (χ4v) is 5.34. The predicted molar refractivity (Wildman–Crippen MR) is 131 cm³/mol. The average Bonchev–Trinajstić information content (AvgIpc) is 2.82. The first-order chi connectivity index (χ1) is 16.3. The zero-order valence-corrected chi connectivity index (χ0v) is 20.3. The number of fused-ring (bicyclic) bond motifs is 1. The summed E-state index contributed by atoms with van der Waals surface area (Å²) in [5, 5.41) is 2.80. The van der Waals surface area contributed by atoms with Crippen molar-refractivity contribution in [3.8, 4) is 11.5 Å². The quantitative estimate of drug-likeness (QED) is 0.521. The molecule has 7 nitrogen and oxygen atoms in total. The first-order valence-electron chi connectivity index (χ1n) is 11.1. The maximum atomic E-state index is 13.4. The fraction of sp³-hybridized carbons (Fsp3) is 0.269. The zero-order valence-electron chi connectivity index (χ0n) is 19.4. The van der Waals surface area contributed by atoms with E-state index in [1.165, 1.54) is 4.31 Å². The summed E-state index contributed by atoms with van der Waals surface area (Å²) in [7, 11) is -3.88. The zero-order chi connectivity index (χ0) is 24.3. The Hall–Kier alpha value is -3.52. The predicted octanol–water partition coefficient (Wildman–Crippen LogP) is 3.76. The molecular weight excluding hydrogens is 452 g/mol. The number of nitrogens with one attached hydrogen (secondary N) is 1. The summed E-state index contributed by atoms with van der Waals surface area (Å²) in [6.07, 6.45) is -0.991. The second-order valence-corrected chi connectivity index (χ2v) is 10.2. The van der Waals surface area contributed by atoms with E-state index in [1.807, 2.05) is 45.0 Å². The van der Waals surface area contributed by atoms with Gasteiger partial charge in [0.05, 0.1) is 23.7 Å². The highest BCUT2D eigenvalue weighted by Crippen LogP contribution is 2.37. The number of carbonyl (C=O) groups excluding carboxylic acids is 1. The number of nitrogens with zero attached hydrogens (tertiary/aromatic N) is 1. The van der Waals surface area contributed by atoms with E-state index in [2.05, 4.69) is 5.32 Å². The van der Waals surface area contributed by atoms with E-state index in [0.717, 1.165) is 22.4 Å². The number of rotatable bonds is 7. The lowest BCUT2D eigenvalue weighted by Crippen LogP contribution is -2.51. The number of ether oxygens (including phenoxy) is 2. The number of sulfonamides is 1. The molecule has 0 unspecified atom stereocenters. The monoisotopic (exact) mass is 480 g/mol. The van der Waals surface area contributed by atoms with Gasteiger partial charge in [-0.2, -0.15) is 0 Å². The third-order valence-corrected chi connectivity index (χ3v) is 7.39. The highest BCUT2D eigenvalue weighted by atomic mass is 32.2. The largest absolute Gasteiger partial charge is 0.491 e. The Morgan fingerprint density at radius 3 is 2.47 bits per heavy atom. The molecule has 0 fully saturated rings. The summed E-state index contributed by atoms with van der Waals surface area (Å²) >= 11 is 0. The van der Waals surface area contributed by atoms with E-state index < -0.39 is 22.0 Å². The van der Waals surface area contributed by atoms with Crippen molar-refractivity contribution < 1.29 is 22.7 Å². The van der Waals surface area contributed by atoms with Gasteiger partial charge < -0.3 is 14.8 Å². The Labute approximate surface area is 200 Å². The molecule has 34 heavy (non-hydrogen) atoms. The summed E-state index contributed by atoms with van der Waals surface area (Å²) in [5.74, 6) is 0.713. The van der Waals surface area contributed by atoms with Crippen LogP contribution in [-0.4, -0.2) is 40.1 Å². The lowest BCUT2D eigenvalue weighted by molar-refractivity contribution is -0.127. The summed E-state index contributed by atoms with van der Waals surface area (Å²) in [6, 6.07) is 19.4. The van der Waals surface area contributed by atoms with Gasteiger partial charge in [0.1, 0.15) is 18.1 Å². The smallest absolute Gasteiger partial charge is 0.264 e. The molecular formula is C26H28N2O5S. The maximum absolute atomic E-state index is 13.4. The van der Waals surface area contributed by atoms with Crippen molar-refractivity contribution in [3.63, 3.8) is 0 Å². The topological polar surface area (TPSA) is 84.9 Å². The minimum atomic E-state index is -3.88. The molecule has 1 N–H and O–H groups in total. The first-order valence-corrected chi connectivity index (χ1v) is 12.5. The van der Waals surface area contributed by atoms with Crippen LogP contribution < -0.4 is 19.1 Å². The van der Waals surface area contributed by atoms with E-state index in [9.17, 15) is 13.2 Å². The van der Waals surface area contributed by atoms with Crippen LogP contribution in [0.1, 0.15) is 16.7 Å². The minimum absolute atomic E-state index is 0.128. The van der Waals surface area contributed by atoms with Crippen molar-refractivity contribution in [2.45, 2.75) is 31.8 Å². The van der Waals surface area contributed by atoms with Crippen LogP contribution in [0.4, 0.5) is 5.69 Å². The molecule has 1 atom stereocenters. The molecule has 3 aromatic rings. The van der Waals surface area contributed by atoms with Gasteiger partial charge in [0.15, 0.2) is 6.10 Å². The van der Waals surface area contributed by atoms with E-state index in [4.69, 9.17) is 9.47 Å². The SMILES string of the molecule is Cc1ccc(OCCNC(=O)[C@H]2CN(S(=O)(=O)c3ccccc3)c3cc(C)ccc3O2)c(C)c1. The highest BCUT2D eigenvalue weighted by molar-refractivity contribution is 7.92. The molecule has 8 heteroatoms. The molecule has 1 amide bonds. The molecule has 0 radical (unpaired) electrons. The molecule has 0 saturated heterocycles. The van der Waals surface area contributed by atoms with Crippen LogP contribution in [0, 0.1) is 20.8 Å². The summed E-state index contributed by atoms with van der Waals surface area (Å²) < 4.78 is 39.8. The lowest BCUT2D eigenvalue weighted by atomic mass is 10.1. The second-order valence-electron chi connectivity index (χ2n) is 8.34. The van der Waals surface area contributed by atoms with Crippen LogP contribution in [-0.2, 0) is 14.8 Å². The Kier molecular flexibility index (Phi) is 6.79. The average molecular weight is 481 g/mol. The highest BCUT2D eigenvalue weighted by Gasteiger charge is 2.37. The van der Waals surface area contributed by atoms with E-state index in [1.54, 1.807) is 42.5 Å². The summed E-state index contributed by atoms with van der Waals surface area (Å²) in [6.45, 7) is 6.28. The van der Waals surface area contributed by atoms with Crippen molar-refractivity contribution in [1.29, 1.82) is 0 Å². The number of carbonyl (C=O) groups is 1. The number of hydrogen-bond donors (Lipinski definition) is 1. The Bertz CT molecular complexity index is 1290. The molecule has 0 aromatic heterocycles. The molecule has 3 aromatic carbocycles. The molecule has 0 saturated carbocycles. The van der Waals surface area contributed by atoms with E-state index >= 15 is 0 Å². The van der Waals surface area contributed by atoms with Crippen LogP contribution >= 0.6 is 0 Å². The Balaban J connectivity index is 1.47. The molecule has 0 bridgehead atoms. The van der Waals surface area contributed by atoms with Crippen LogP contribution in [0.3, 0.4) is 0 Å². The number of aryl methyl sites for hydroxylation is 3. The van der Waals surface area contributed by atoms with E-state index in [-0.39, 0.29) is 24.6 Å². The van der Waals surface area contributed by atoms with Crippen molar-refractivity contribution >= 4 is 21.6 Å². The van der Waals surface area contributed by atoms with Crippen molar-refractivity contribution in [2.24, 2.45) is 0 Å². The van der Waals surface area contributed by atoms with Gasteiger partial charge in [-0.1, -0.05) is 42.0 Å². The first kappa shape index (κ1) is 23.6. The number of amides is 1. The standard InChI is InChI=1S/C26H28N2O5S/c1-18-9-11-23(20(3)15-18)32-14-13-27-26(29)25-17-28(22-16-19(2)10-12-24(22)33-25)34(30,31)21-7-5-4-6-8-21/h4-12,15-16,25H,13-14,17H2,1-3H3,(H,27,29)/t25-/m1/s1. The van der Waals surface area contributed by atoms with E-state index in [0.29, 0.717) is 11.4 Å². The molecule has 4 rings (SSSR count). The molecule has 1 aliphatic heterocycles. The number of anilines is 1. The molecule has 1 heterocycles. The van der Waals surface area contributed by atoms with Crippen LogP contribution in [0.5, 0.6) is 11.5 Å². The normalized spacial score (nSPS) is 15.3. The van der Waals surface area contributed by atoms with Gasteiger partial charge in [0.25, 0.3) is 15.9 Å². The fourth-order valence-electron chi connectivity index (χ4n) is 3.86.